The molecule has 0 atom stereocenters. The normalized spacial score (nSPS) is 12.1. The third kappa shape index (κ3) is 5.79. The van der Waals surface area contributed by atoms with Gasteiger partial charge in [-0.2, -0.15) is 0 Å². The molecule has 0 aromatic rings. The van der Waals surface area contributed by atoms with Crippen molar-refractivity contribution in [2.45, 2.75) is 20.8 Å². The second-order valence-electron chi connectivity index (χ2n) is 2.23. The number of ether oxygens (including phenoxy) is 1. The lowest BCUT2D eigenvalue weighted by atomic mass is 10.3. The molecule has 0 aliphatic rings. The number of hydrogen-bond acceptors (Lipinski definition) is 2. The lowest BCUT2D eigenvalue weighted by molar-refractivity contribution is 0.138. The van der Waals surface area contributed by atoms with Crippen molar-refractivity contribution in [2.75, 3.05) is 19.9 Å². The highest BCUT2D eigenvalue weighted by Gasteiger charge is 1.86. The van der Waals surface area contributed by atoms with Gasteiger partial charge < -0.3 is 4.74 Å². The first-order valence-electron chi connectivity index (χ1n) is 3.71. The minimum Gasteiger partial charge on any atom is -0.362 e. The average Bonchev–Trinajstić information content (AvgIpc) is 1.98. The van der Waals surface area contributed by atoms with E-state index in [4.69, 9.17) is 4.74 Å². The van der Waals surface area contributed by atoms with Gasteiger partial charge in [-0.3, -0.25) is 5.32 Å². The molecule has 0 fully saturated rings. The van der Waals surface area contributed by atoms with Gasteiger partial charge in [0.25, 0.3) is 0 Å². The van der Waals surface area contributed by atoms with Crippen LogP contribution in [0.25, 0.3) is 0 Å². The maximum absolute atomic E-state index is 5.25. The van der Waals surface area contributed by atoms with Crippen LogP contribution in [0.15, 0.2) is 11.6 Å². The highest BCUT2D eigenvalue weighted by atomic mass is 16.5. The molecule has 0 aromatic heterocycles. The molecule has 0 saturated carbocycles. The average molecular weight is 143 g/mol. The molecule has 60 valence electrons. The van der Waals surface area contributed by atoms with Gasteiger partial charge in [-0.15, -0.1) is 0 Å². The summed E-state index contributed by atoms with van der Waals surface area (Å²) in [5.41, 5.74) is 1.28. The zero-order chi connectivity index (χ0) is 7.82. The van der Waals surface area contributed by atoms with E-state index < -0.39 is 0 Å². The van der Waals surface area contributed by atoms with Gasteiger partial charge in [-0.05, 0) is 20.4 Å². The molecule has 0 amide bonds. The molecular formula is C8H17NO. The van der Waals surface area contributed by atoms with E-state index in [-0.39, 0.29) is 0 Å². The van der Waals surface area contributed by atoms with Crippen LogP contribution in [0.1, 0.15) is 20.8 Å². The van der Waals surface area contributed by atoms with Crippen LogP contribution in [-0.4, -0.2) is 19.9 Å². The van der Waals surface area contributed by atoms with E-state index in [9.17, 15) is 0 Å². The Morgan fingerprint density at radius 3 is 2.80 bits per heavy atom. The van der Waals surface area contributed by atoms with E-state index in [1.54, 1.807) is 0 Å². The third-order valence-electron chi connectivity index (χ3n) is 1.28. The Labute approximate surface area is 63.3 Å². The Morgan fingerprint density at radius 2 is 2.30 bits per heavy atom. The molecule has 0 aliphatic heterocycles. The van der Waals surface area contributed by atoms with E-state index in [1.165, 1.54) is 5.57 Å². The molecule has 0 aromatic carbocycles. The van der Waals surface area contributed by atoms with Crippen molar-refractivity contribution in [3.63, 3.8) is 0 Å². The molecule has 0 bridgehead atoms. The summed E-state index contributed by atoms with van der Waals surface area (Å²) in [5, 5.41) is 3.08. The first-order chi connectivity index (χ1) is 4.81. The van der Waals surface area contributed by atoms with Crippen molar-refractivity contribution in [1.82, 2.24) is 5.32 Å². The molecule has 0 rings (SSSR count). The van der Waals surface area contributed by atoms with Crippen LogP contribution in [0, 0.1) is 0 Å². The summed E-state index contributed by atoms with van der Waals surface area (Å²) < 4.78 is 5.25. The van der Waals surface area contributed by atoms with Crippen LogP contribution in [-0.2, 0) is 4.74 Å². The van der Waals surface area contributed by atoms with Gasteiger partial charge in [0.2, 0.25) is 0 Å². The van der Waals surface area contributed by atoms with Gasteiger partial charge >= 0.3 is 0 Å². The van der Waals surface area contributed by atoms with Gasteiger partial charge in [0.05, 0.1) is 13.3 Å². The van der Waals surface area contributed by atoms with Crippen molar-refractivity contribution in [3.05, 3.63) is 11.6 Å². The molecule has 0 radical (unpaired) electrons. The fraction of sp³-hybridized carbons (Fsp3) is 0.750. The Kier molecular flexibility index (Phi) is 6.55. The van der Waals surface area contributed by atoms with Crippen molar-refractivity contribution in [3.8, 4) is 0 Å². The maximum atomic E-state index is 5.25. The number of hydrogen-bond donors (Lipinski definition) is 1. The summed E-state index contributed by atoms with van der Waals surface area (Å²) in [6.07, 6.45) is 2.06. The molecule has 0 saturated heterocycles. The Morgan fingerprint density at radius 1 is 1.60 bits per heavy atom. The summed E-state index contributed by atoms with van der Waals surface area (Å²) in [7, 11) is 0. The highest BCUT2D eigenvalue weighted by molar-refractivity contribution is 4.95. The first kappa shape index (κ1) is 9.66. The van der Waals surface area contributed by atoms with E-state index >= 15 is 0 Å². The largest absolute Gasteiger partial charge is 0.362 e. The predicted octanol–water partition coefficient (Wildman–Crippen LogP) is 1.54. The van der Waals surface area contributed by atoms with E-state index in [0.717, 1.165) is 13.2 Å². The molecular weight excluding hydrogens is 126 g/mol. The van der Waals surface area contributed by atoms with Crippen LogP contribution >= 0.6 is 0 Å². The SMILES string of the molecule is C/C=C(/C)COCNCC. The zero-order valence-electron chi connectivity index (χ0n) is 7.11. The van der Waals surface area contributed by atoms with Crippen LogP contribution in [0.3, 0.4) is 0 Å². The van der Waals surface area contributed by atoms with Gasteiger partial charge in [-0.25, -0.2) is 0 Å². The fourth-order valence-corrected chi connectivity index (χ4v) is 0.470. The molecule has 10 heavy (non-hydrogen) atoms. The smallest absolute Gasteiger partial charge is 0.0969 e. The van der Waals surface area contributed by atoms with Crippen molar-refractivity contribution in [2.24, 2.45) is 0 Å². The van der Waals surface area contributed by atoms with Gasteiger partial charge in [0.15, 0.2) is 0 Å². The third-order valence-corrected chi connectivity index (χ3v) is 1.28. The monoisotopic (exact) mass is 143 g/mol. The van der Waals surface area contributed by atoms with Gasteiger partial charge in [-0.1, -0.05) is 18.6 Å². The quantitative estimate of drug-likeness (QED) is 0.358. The predicted molar refractivity (Wildman–Crippen MR) is 43.9 cm³/mol. The topological polar surface area (TPSA) is 21.3 Å². The number of nitrogens with one attached hydrogen (secondary N) is 1. The molecule has 2 heteroatoms. The second-order valence-corrected chi connectivity index (χ2v) is 2.23. The van der Waals surface area contributed by atoms with Crippen molar-refractivity contribution in [1.29, 1.82) is 0 Å². The van der Waals surface area contributed by atoms with Crippen LogP contribution < -0.4 is 5.32 Å². The summed E-state index contributed by atoms with van der Waals surface area (Å²) in [5.74, 6) is 0. The fourth-order valence-electron chi connectivity index (χ4n) is 0.470. The zero-order valence-corrected chi connectivity index (χ0v) is 7.11. The van der Waals surface area contributed by atoms with Gasteiger partial charge in [0, 0.05) is 0 Å². The number of rotatable bonds is 5. The summed E-state index contributed by atoms with van der Waals surface area (Å²) in [6.45, 7) is 8.50. The lowest BCUT2D eigenvalue weighted by Crippen LogP contribution is -2.17. The number of allylic oxidation sites excluding steroid dienone is 1. The Hall–Kier alpha value is -0.340. The maximum Gasteiger partial charge on any atom is 0.0969 e. The summed E-state index contributed by atoms with van der Waals surface area (Å²) >= 11 is 0. The van der Waals surface area contributed by atoms with Crippen molar-refractivity contribution >= 4 is 0 Å². The van der Waals surface area contributed by atoms with E-state index in [0.29, 0.717) is 6.73 Å². The summed E-state index contributed by atoms with van der Waals surface area (Å²) in [4.78, 5) is 0. The minimum absolute atomic E-state index is 0.654. The van der Waals surface area contributed by atoms with Gasteiger partial charge in [0.1, 0.15) is 0 Å². The molecule has 0 spiro atoms. The van der Waals surface area contributed by atoms with Crippen molar-refractivity contribution < 1.29 is 4.74 Å². The van der Waals surface area contributed by atoms with Crippen LogP contribution in [0.4, 0.5) is 0 Å². The van der Waals surface area contributed by atoms with E-state index in [2.05, 4.69) is 25.2 Å². The highest BCUT2D eigenvalue weighted by Crippen LogP contribution is 1.90. The van der Waals surface area contributed by atoms with E-state index in [1.807, 2.05) is 6.92 Å². The molecule has 1 N–H and O–H groups in total. The Bertz CT molecular complexity index is 99.4. The standard InChI is InChI=1S/C8H17NO/c1-4-8(3)6-10-7-9-5-2/h4,9H,5-7H2,1-3H3/b8-4-. The minimum atomic E-state index is 0.654. The first-order valence-corrected chi connectivity index (χ1v) is 3.71. The molecule has 0 aliphatic carbocycles. The second kappa shape index (κ2) is 6.78. The van der Waals surface area contributed by atoms with Crippen LogP contribution in [0.2, 0.25) is 0 Å². The molecule has 0 heterocycles. The molecule has 2 nitrogen and oxygen atoms in total. The van der Waals surface area contributed by atoms with Crippen LogP contribution in [0.5, 0.6) is 0 Å². The summed E-state index contributed by atoms with van der Waals surface area (Å²) in [6, 6.07) is 0. The Balaban J connectivity index is 3.04. The molecule has 0 unspecified atom stereocenters. The lowest BCUT2D eigenvalue weighted by Gasteiger charge is -2.03.